The molecule has 2 heteroatoms. The molecule has 0 aromatic heterocycles. The third-order valence-electron chi connectivity index (χ3n) is 1.18. The molecule has 0 N–H and O–H groups in total. The molecule has 56 valence electrons. The second-order valence-corrected chi connectivity index (χ2v) is 3.44. The van der Waals surface area contributed by atoms with E-state index in [-0.39, 0.29) is 0 Å². The normalized spacial score (nSPS) is 11.3. The molecule has 9 heavy (non-hydrogen) atoms. The highest BCUT2D eigenvalue weighted by atomic mass is 32.2. The zero-order chi connectivity index (χ0) is 7.28. The lowest BCUT2D eigenvalue weighted by Crippen LogP contribution is -2.19. The van der Waals surface area contributed by atoms with Gasteiger partial charge in [0, 0.05) is 13.1 Å². The van der Waals surface area contributed by atoms with E-state index in [1.807, 2.05) is 11.9 Å². The second-order valence-electron chi connectivity index (χ2n) is 2.56. The van der Waals surface area contributed by atoms with Gasteiger partial charge in [-0.05, 0) is 12.2 Å². The van der Waals surface area contributed by atoms with Gasteiger partial charge in [-0.2, -0.15) is 0 Å². The summed E-state index contributed by atoms with van der Waals surface area (Å²) in [6, 6.07) is 0. The summed E-state index contributed by atoms with van der Waals surface area (Å²) in [5.41, 5.74) is 0. The Hall–Kier alpha value is 0.310. The smallest absolute Gasteiger partial charge is 0.0112 e. The van der Waals surface area contributed by atoms with Crippen molar-refractivity contribution in [1.82, 2.24) is 4.31 Å². The highest BCUT2D eigenvalue weighted by Gasteiger charge is 2.00. The first-order valence-electron chi connectivity index (χ1n) is 3.49. The van der Waals surface area contributed by atoms with Crippen molar-refractivity contribution < 1.29 is 0 Å². The Labute approximate surface area is 62.9 Å². The van der Waals surface area contributed by atoms with E-state index >= 15 is 0 Å². The predicted octanol–water partition coefficient (Wildman–Crippen LogP) is 2.24. The van der Waals surface area contributed by atoms with Crippen molar-refractivity contribution in [2.45, 2.75) is 20.8 Å². The first-order valence-corrected chi connectivity index (χ1v) is 4.67. The van der Waals surface area contributed by atoms with E-state index in [9.17, 15) is 0 Å². The number of rotatable bonds is 4. The van der Waals surface area contributed by atoms with Crippen LogP contribution in [-0.4, -0.2) is 23.7 Å². The first kappa shape index (κ1) is 9.31. The highest BCUT2D eigenvalue weighted by molar-refractivity contribution is 7.96. The van der Waals surface area contributed by atoms with Crippen LogP contribution in [-0.2, 0) is 0 Å². The fraction of sp³-hybridized carbons (Fsp3) is 1.00. The van der Waals surface area contributed by atoms with Gasteiger partial charge in [0.2, 0.25) is 0 Å². The Morgan fingerprint density at radius 3 is 2.11 bits per heavy atom. The standard InChI is InChI=1S/C7H17NS/c1-5-8(9-4)6-7(2)3/h7H,5-6H2,1-4H3. The van der Waals surface area contributed by atoms with E-state index in [0.717, 1.165) is 12.5 Å². The lowest BCUT2D eigenvalue weighted by molar-refractivity contribution is 0.424. The number of nitrogens with zero attached hydrogens (tertiary/aromatic N) is 1. The van der Waals surface area contributed by atoms with Crippen LogP contribution in [0.5, 0.6) is 0 Å². The van der Waals surface area contributed by atoms with Crippen LogP contribution in [0.15, 0.2) is 0 Å². The molecule has 0 fully saturated rings. The van der Waals surface area contributed by atoms with E-state index in [0.29, 0.717) is 0 Å². The third kappa shape index (κ3) is 4.79. The van der Waals surface area contributed by atoms with Crippen molar-refractivity contribution >= 4 is 11.9 Å². The van der Waals surface area contributed by atoms with Crippen molar-refractivity contribution in [1.29, 1.82) is 0 Å². The minimum absolute atomic E-state index is 0.789. The van der Waals surface area contributed by atoms with Crippen molar-refractivity contribution in [3.05, 3.63) is 0 Å². The zero-order valence-corrected chi connectivity index (χ0v) is 7.66. The predicted molar refractivity (Wildman–Crippen MR) is 45.6 cm³/mol. The molecule has 0 saturated heterocycles. The van der Waals surface area contributed by atoms with Gasteiger partial charge in [0.1, 0.15) is 0 Å². The summed E-state index contributed by atoms with van der Waals surface area (Å²) < 4.78 is 2.37. The topological polar surface area (TPSA) is 3.24 Å². The molecule has 0 aromatic carbocycles. The molecule has 0 aromatic rings. The van der Waals surface area contributed by atoms with E-state index in [2.05, 4.69) is 31.3 Å². The number of hydrogen-bond donors (Lipinski definition) is 0. The molecule has 0 bridgehead atoms. The molecule has 0 rings (SSSR count). The molecular formula is C7H17NS. The summed E-state index contributed by atoms with van der Waals surface area (Å²) in [6.45, 7) is 9.05. The first-order chi connectivity index (χ1) is 4.20. The summed E-state index contributed by atoms with van der Waals surface area (Å²) >= 11 is 1.83. The van der Waals surface area contributed by atoms with Crippen molar-refractivity contribution in [3.63, 3.8) is 0 Å². The Kier molecular flexibility index (Phi) is 5.30. The minimum Gasteiger partial charge on any atom is -0.251 e. The Morgan fingerprint density at radius 2 is 2.00 bits per heavy atom. The van der Waals surface area contributed by atoms with Gasteiger partial charge in [-0.25, -0.2) is 0 Å². The Balaban J connectivity index is 3.31. The maximum Gasteiger partial charge on any atom is 0.0112 e. The molecule has 0 unspecified atom stereocenters. The van der Waals surface area contributed by atoms with E-state index < -0.39 is 0 Å². The number of hydrogen-bond acceptors (Lipinski definition) is 2. The van der Waals surface area contributed by atoms with Gasteiger partial charge >= 0.3 is 0 Å². The van der Waals surface area contributed by atoms with E-state index in [1.54, 1.807) is 0 Å². The highest BCUT2D eigenvalue weighted by Crippen LogP contribution is 2.07. The summed E-state index contributed by atoms with van der Waals surface area (Å²) in [5.74, 6) is 0.789. The molecule has 0 aliphatic heterocycles. The summed E-state index contributed by atoms with van der Waals surface area (Å²) in [4.78, 5) is 0. The summed E-state index contributed by atoms with van der Waals surface area (Å²) in [6.07, 6.45) is 2.13. The molecule has 0 radical (unpaired) electrons. The van der Waals surface area contributed by atoms with Crippen molar-refractivity contribution in [2.75, 3.05) is 19.3 Å². The molecule has 0 atom stereocenters. The summed E-state index contributed by atoms with van der Waals surface area (Å²) in [5, 5.41) is 0. The van der Waals surface area contributed by atoms with Gasteiger partial charge in [-0.15, -0.1) is 0 Å². The van der Waals surface area contributed by atoms with Crippen molar-refractivity contribution in [3.8, 4) is 0 Å². The van der Waals surface area contributed by atoms with Crippen LogP contribution < -0.4 is 0 Å². The second kappa shape index (κ2) is 5.12. The molecule has 0 spiro atoms. The molecule has 0 aliphatic rings. The maximum atomic E-state index is 2.37. The molecule has 0 aliphatic carbocycles. The Bertz CT molecular complexity index is 59.9. The largest absolute Gasteiger partial charge is 0.251 e. The molecule has 0 amide bonds. The van der Waals surface area contributed by atoms with Gasteiger partial charge in [0.25, 0.3) is 0 Å². The molecule has 1 nitrogen and oxygen atoms in total. The van der Waals surface area contributed by atoms with E-state index in [4.69, 9.17) is 0 Å². The fourth-order valence-electron chi connectivity index (χ4n) is 0.740. The SMILES string of the molecule is CCN(CC(C)C)SC. The third-order valence-corrected chi connectivity index (χ3v) is 2.10. The monoisotopic (exact) mass is 147 g/mol. The Morgan fingerprint density at radius 1 is 1.44 bits per heavy atom. The minimum atomic E-state index is 0.789. The van der Waals surface area contributed by atoms with Crippen LogP contribution in [0.4, 0.5) is 0 Å². The zero-order valence-electron chi connectivity index (χ0n) is 6.85. The van der Waals surface area contributed by atoms with Crippen LogP contribution in [0.2, 0.25) is 0 Å². The molecule has 0 heterocycles. The lowest BCUT2D eigenvalue weighted by atomic mass is 10.2. The van der Waals surface area contributed by atoms with Gasteiger partial charge in [0.15, 0.2) is 0 Å². The van der Waals surface area contributed by atoms with Gasteiger partial charge in [-0.1, -0.05) is 32.7 Å². The lowest BCUT2D eigenvalue weighted by Gasteiger charge is -2.18. The maximum absolute atomic E-state index is 2.37. The van der Waals surface area contributed by atoms with Crippen LogP contribution in [0, 0.1) is 5.92 Å². The average Bonchev–Trinajstić information content (AvgIpc) is 1.82. The van der Waals surface area contributed by atoms with Crippen LogP contribution >= 0.6 is 11.9 Å². The van der Waals surface area contributed by atoms with Crippen LogP contribution in [0.3, 0.4) is 0 Å². The quantitative estimate of drug-likeness (QED) is 0.561. The molecule has 0 saturated carbocycles. The van der Waals surface area contributed by atoms with Crippen LogP contribution in [0.1, 0.15) is 20.8 Å². The fourth-order valence-corrected chi connectivity index (χ4v) is 1.45. The van der Waals surface area contributed by atoms with Crippen LogP contribution in [0.25, 0.3) is 0 Å². The van der Waals surface area contributed by atoms with Gasteiger partial charge < -0.3 is 0 Å². The van der Waals surface area contributed by atoms with E-state index in [1.165, 1.54) is 6.54 Å². The average molecular weight is 147 g/mol. The van der Waals surface area contributed by atoms with Gasteiger partial charge in [0.05, 0.1) is 0 Å². The molecular weight excluding hydrogens is 130 g/mol. The van der Waals surface area contributed by atoms with Gasteiger partial charge in [-0.3, -0.25) is 4.31 Å². The summed E-state index contributed by atoms with van der Waals surface area (Å²) in [7, 11) is 0. The van der Waals surface area contributed by atoms with Crippen molar-refractivity contribution in [2.24, 2.45) is 5.92 Å².